The van der Waals surface area contributed by atoms with Gasteiger partial charge in [0.25, 0.3) is 5.69 Å². The van der Waals surface area contributed by atoms with Gasteiger partial charge in [-0.1, -0.05) is 17.3 Å². The quantitative estimate of drug-likeness (QED) is 0.643. The second-order valence-corrected chi connectivity index (χ2v) is 5.10. The van der Waals surface area contributed by atoms with Crippen molar-refractivity contribution in [3.8, 4) is 11.4 Å². The fraction of sp³-hybridized carbons (Fsp3) is 0.333. The molecule has 0 unspecified atom stereocenters. The maximum Gasteiger partial charge on any atom is 0.280 e. The number of nitrogens with zero attached hydrogens (tertiary/aromatic N) is 3. The number of nitro benzene ring substituents is 1. The van der Waals surface area contributed by atoms with E-state index in [2.05, 4.69) is 10.1 Å². The molecule has 0 aliphatic heterocycles. The van der Waals surface area contributed by atoms with Crippen molar-refractivity contribution in [1.29, 1.82) is 0 Å². The zero-order valence-corrected chi connectivity index (χ0v) is 11.7. The smallest absolute Gasteiger partial charge is 0.280 e. The van der Waals surface area contributed by atoms with E-state index in [0.717, 1.165) is 5.75 Å². The Kier molecular flexibility index (Phi) is 4.70. The molecule has 1 aromatic heterocycles. The third-order valence-corrected chi connectivity index (χ3v) is 3.38. The standard InChI is InChI=1S/C12H14N4O3S/c1-20-7-6-9(13)12-14-11(15-19-12)8-4-2-3-5-10(8)16(17)18/h2-5,9H,6-7,13H2,1H3/t9-/m0/s1. The SMILES string of the molecule is CSCC[C@H](N)c1nc(-c2ccccc2[N+](=O)[O-])no1. The molecule has 0 amide bonds. The molecule has 20 heavy (non-hydrogen) atoms. The molecule has 0 radical (unpaired) electrons. The molecule has 1 heterocycles. The first kappa shape index (κ1) is 14.5. The van der Waals surface area contributed by atoms with Gasteiger partial charge in [0, 0.05) is 6.07 Å². The van der Waals surface area contributed by atoms with E-state index in [1.807, 2.05) is 6.26 Å². The highest BCUT2D eigenvalue weighted by Crippen LogP contribution is 2.28. The topological polar surface area (TPSA) is 108 Å². The number of aromatic nitrogens is 2. The second-order valence-electron chi connectivity index (χ2n) is 4.12. The van der Waals surface area contributed by atoms with Gasteiger partial charge >= 0.3 is 0 Å². The van der Waals surface area contributed by atoms with Crippen LogP contribution in [0.2, 0.25) is 0 Å². The molecule has 0 saturated carbocycles. The Hall–Kier alpha value is -1.93. The lowest BCUT2D eigenvalue weighted by molar-refractivity contribution is -0.384. The summed E-state index contributed by atoms with van der Waals surface area (Å²) in [6, 6.07) is 5.91. The summed E-state index contributed by atoms with van der Waals surface area (Å²) in [6.07, 6.45) is 2.69. The molecule has 0 fully saturated rings. The molecule has 0 bridgehead atoms. The van der Waals surface area contributed by atoms with Crippen LogP contribution >= 0.6 is 11.8 Å². The maximum absolute atomic E-state index is 11.0. The molecular weight excluding hydrogens is 280 g/mol. The Labute approximate surface area is 119 Å². The van der Waals surface area contributed by atoms with Gasteiger partial charge in [-0.05, 0) is 24.5 Å². The van der Waals surface area contributed by atoms with Gasteiger partial charge < -0.3 is 10.3 Å². The number of rotatable bonds is 6. The normalized spacial score (nSPS) is 12.3. The average molecular weight is 294 g/mol. The molecule has 7 nitrogen and oxygen atoms in total. The van der Waals surface area contributed by atoms with Crippen LogP contribution in [0.15, 0.2) is 28.8 Å². The van der Waals surface area contributed by atoms with E-state index in [4.69, 9.17) is 10.3 Å². The fourth-order valence-electron chi connectivity index (χ4n) is 1.69. The van der Waals surface area contributed by atoms with E-state index >= 15 is 0 Å². The van der Waals surface area contributed by atoms with Gasteiger partial charge in [0.2, 0.25) is 11.7 Å². The van der Waals surface area contributed by atoms with Gasteiger partial charge in [0.15, 0.2) is 0 Å². The van der Waals surface area contributed by atoms with Gasteiger partial charge in [-0.25, -0.2) is 0 Å². The van der Waals surface area contributed by atoms with Crippen molar-refractivity contribution in [2.75, 3.05) is 12.0 Å². The van der Waals surface area contributed by atoms with Crippen LogP contribution in [-0.4, -0.2) is 27.1 Å². The van der Waals surface area contributed by atoms with Crippen LogP contribution in [0, 0.1) is 10.1 Å². The first-order valence-corrected chi connectivity index (χ1v) is 7.34. The molecule has 2 rings (SSSR count). The average Bonchev–Trinajstić information content (AvgIpc) is 2.94. The van der Waals surface area contributed by atoms with Gasteiger partial charge in [0.05, 0.1) is 11.0 Å². The van der Waals surface area contributed by atoms with E-state index < -0.39 is 4.92 Å². The van der Waals surface area contributed by atoms with Gasteiger partial charge in [-0.15, -0.1) is 0 Å². The van der Waals surface area contributed by atoms with Gasteiger partial charge in [-0.3, -0.25) is 10.1 Å². The zero-order chi connectivity index (χ0) is 14.5. The number of para-hydroxylation sites is 1. The first-order valence-electron chi connectivity index (χ1n) is 5.95. The lowest BCUT2D eigenvalue weighted by Crippen LogP contribution is -2.11. The van der Waals surface area contributed by atoms with Crippen molar-refractivity contribution < 1.29 is 9.45 Å². The number of hydrogen-bond acceptors (Lipinski definition) is 7. The number of nitro groups is 1. The molecule has 0 aliphatic carbocycles. The lowest BCUT2D eigenvalue weighted by atomic mass is 10.1. The number of benzene rings is 1. The number of thioether (sulfide) groups is 1. The Morgan fingerprint density at radius 3 is 2.95 bits per heavy atom. The van der Waals surface area contributed by atoms with E-state index in [-0.39, 0.29) is 17.6 Å². The number of nitrogens with two attached hydrogens (primary N) is 1. The molecule has 106 valence electrons. The highest BCUT2D eigenvalue weighted by atomic mass is 32.2. The predicted molar refractivity (Wildman–Crippen MR) is 76.3 cm³/mol. The van der Waals surface area contributed by atoms with Crippen molar-refractivity contribution in [3.63, 3.8) is 0 Å². The summed E-state index contributed by atoms with van der Waals surface area (Å²) in [5.74, 6) is 1.36. The van der Waals surface area contributed by atoms with E-state index in [9.17, 15) is 10.1 Å². The van der Waals surface area contributed by atoms with E-state index in [1.165, 1.54) is 6.07 Å². The minimum absolute atomic E-state index is 0.0578. The summed E-state index contributed by atoms with van der Waals surface area (Å²) >= 11 is 1.68. The van der Waals surface area contributed by atoms with Crippen LogP contribution in [0.4, 0.5) is 5.69 Å². The van der Waals surface area contributed by atoms with Crippen LogP contribution in [0.1, 0.15) is 18.4 Å². The molecule has 2 aromatic rings. The fourth-order valence-corrected chi connectivity index (χ4v) is 2.18. The molecule has 0 spiro atoms. The summed E-state index contributed by atoms with van der Waals surface area (Å²) < 4.78 is 5.09. The molecule has 8 heteroatoms. The third-order valence-electron chi connectivity index (χ3n) is 2.73. The maximum atomic E-state index is 11.0. The Morgan fingerprint density at radius 2 is 2.25 bits per heavy atom. The second kappa shape index (κ2) is 6.49. The minimum atomic E-state index is -0.473. The molecule has 2 N–H and O–H groups in total. The van der Waals surface area contributed by atoms with Crippen LogP contribution in [0.5, 0.6) is 0 Å². The van der Waals surface area contributed by atoms with Crippen molar-refractivity contribution in [1.82, 2.24) is 10.1 Å². The van der Waals surface area contributed by atoms with Gasteiger partial charge in [-0.2, -0.15) is 16.7 Å². The first-order chi connectivity index (χ1) is 9.63. The molecule has 1 atom stereocenters. The Balaban J connectivity index is 2.27. The summed E-state index contributed by atoms with van der Waals surface area (Å²) in [5, 5.41) is 14.8. The van der Waals surface area contributed by atoms with E-state index in [0.29, 0.717) is 17.9 Å². The molecule has 0 saturated heterocycles. The highest BCUT2D eigenvalue weighted by molar-refractivity contribution is 7.98. The monoisotopic (exact) mass is 294 g/mol. The third kappa shape index (κ3) is 3.14. The van der Waals surface area contributed by atoms with E-state index in [1.54, 1.807) is 30.0 Å². The molecule has 1 aromatic carbocycles. The summed E-state index contributed by atoms with van der Waals surface area (Å²) in [7, 11) is 0. The zero-order valence-electron chi connectivity index (χ0n) is 10.9. The lowest BCUT2D eigenvalue weighted by Gasteiger charge is -2.03. The highest BCUT2D eigenvalue weighted by Gasteiger charge is 2.21. The Morgan fingerprint density at radius 1 is 1.50 bits per heavy atom. The van der Waals surface area contributed by atoms with Crippen molar-refractivity contribution in [2.45, 2.75) is 12.5 Å². The van der Waals surface area contributed by atoms with Crippen molar-refractivity contribution >= 4 is 17.4 Å². The predicted octanol–water partition coefficient (Wildman–Crippen LogP) is 2.40. The molecule has 0 aliphatic rings. The largest absolute Gasteiger partial charge is 0.337 e. The van der Waals surface area contributed by atoms with Crippen LogP contribution in [0.25, 0.3) is 11.4 Å². The van der Waals surface area contributed by atoms with Crippen LogP contribution < -0.4 is 5.73 Å². The van der Waals surface area contributed by atoms with Crippen molar-refractivity contribution in [3.05, 3.63) is 40.3 Å². The number of hydrogen-bond donors (Lipinski definition) is 1. The molecular formula is C12H14N4O3S. The summed E-state index contributed by atoms with van der Waals surface area (Å²) in [6.45, 7) is 0. The van der Waals surface area contributed by atoms with Crippen molar-refractivity contribution in [2.24, 2.45) is 5.73 Å². The Bertz CT molecular complexity index is 602. The van der Waals surface area contributed by atoms with Gasteiger partial charge in [0.1, 0.15) is 5.56 Å². The minimum Gasteiger partial charge on any atom is -0.337 e. The van der Waals surface area contributed by atoms with Crippen LogP contribution in [0.3, 0.4) is 0 Å². The summed E-state index contributed by atoms with van der Waals surface area (Å²) in [5.41, 5.74) is 6.19. The van der Waals surface area contributed by atoms with Crippen LogP contribution in [-0.2, 0) is 0 Å². The summed E-state index contributed by atoms with van der Waals surface area (Å²) in [4.78, 5) is 14.7.